The van der Waals surface area contributed by atoms with Crippen LogP contribution in [0.3, 0.4) is 0 Å². The Hall–Kier alpha value is -2.60. The third-order valence-corrected chi connectivity index (χ3v) is 5.89. The number of fused-ring (bicyclic) bond motifs is 2. The number of rotatable bonds is 3. The second-order valence-corrected chi connectivity index (χ2v) is 7.55. The highest BCUT2D eigenvalue weighted by Gasteiger charge is 2.46. The van der Waals surface area contributed by atoms with Crippen molar-refractivity contribution in [1.82, 2.24) is 4.90 Å². The van der Waals surface area contributed by atoms with Crippen molar-refractivity contribution in [2.75, 3.05) is 31.1 Å². The SMILES string of the molecule is C=CCN1CCC2(CC1)CN(C(=O)c1ccc(F)cc1F)c1ccc(F)cc12. The quantitative estimate of drug-likeness (QED) is 0.735. The highest BCUT2D eigenvalue weighted by Crippen LogP contribution is 2.47. The molecule has 0 atom stereocenters. The summed E-state index contributed by atoms with van der Waals surface area (Å²) in [6, 6.07) is 7.32. The molecular weight excluding hydrogens is 365 g/mol. The number of benzene rings is 2. The summed E-state index contributed by atoms with van der Waals surface area (Å²) in [7, 11) is 0. The number of piperidine rings is 1. The number of hydrogen-bond donors (Lipinski definition) is 0. The van der Waals surface area contributed by atoms with Crippen molar-refractivity contribution < 1.29 is 18.0 Å². The van der Waals surface area contributed by atoms with E-state index in [1.807, 2.05) is 6.08 Å². The third-order valence-electron chi connectivity index (χ3n) is 5.89. The average molecular weight is 386 g/mol. The van der Waals surface area contributed by atoms with Crippen molar-refractivity contribution in [2.24, 2.45) is 0 Å². The summed E-state index contributed by atoms with van der Waals surface area (Å²) in [6.45, 7) is 6.55. The van der Waals surface area contributed by atoms with E-state index in [1.54, 1.807) is 6.07 Å². The van der Waals surface area contributed by atoms with E-state index in [-0.39, 0.29) is 16.8 Å². The molecule has 6 heteroatoms. The molecule has 2 heterocycles. The molecule has 28 heavy (non-hydrogen) atoms. The van der Waals surface area contributed by atoms with E-state index in [9.17, 15) is 18.0 Å². The largest absolute Gasteiger partial charge is 0.307 e. The van der Waals surface area contributed by atoms with Crippen molar-refractivity contribution in [1.29, 1.82) is 0 Å². The van der Waals surface area contributed by atoms with E-state index in [1.165, 1.54) is 17.0 Å². The van der Waals surface area contributed by atoms with Crippen molar-refractivity contribution in [3.05, 3.63) is 77.6 Å². The summed E-state index contributed by atoms with van der Waals surface area (Å²) in [6.07, 6.45) is 3.40. The standard InChI is InChI=1S/C22H21F3N2O/c1-2-9-26-10-7-22(8-11-26)14-27(20-6-4-15(23)12-18(20)22)21(28)17-5-3-16(24)13-19(17)25/h2-6,12-13H,1,7-11,14H2. The minimum Gasteiger partial charge on any atom is -0.307 e. The van der Waals surface area contributed by atoms with Crippen molar-refractivity contribution in [3.8, 4) is 0 Å². The monoisotopic (exact) mass is 386 g/mol. The van der Waals surface area contributed by atoms with Gasteiger partial charge in [0.2, 0.25) is 0 Å². The molecule has 3 nitrogen and oxygen atoms in total. The first-order chi connectivity index (χ1) is 13.4. The van der Waals surface area contributed by atoms with Crippen LogP contribution in [0.2, 0.25) is 0 Å². The minimum absolute atomic E-state index is 0.183. The van der Waals surface area contributed by atoms with Gasteiger partial charge in [-0.1, -0.05) is 6.08 Å². The van der Waals surface area contributed by atoms with Gasteiger partial charge in [0.15, 0.2) is 0 Å². The Morgan fingerprint density at radius 3 is 2.43 bits per heavy atom. The maximum Gasteiger partial charge on any atom is 0.261 e. The van der Waals surface area contributed by atoms with Gasteiger partial charge in [-0.15, -0.1) is 6.58 Å². The van der Waals surface area contributed by atoms with Crippen LogP contribution in [-0.2, 0) is 5.41 Å². The summed E-state index contributed by atoms with van der Waals surface area (Å²) >= 11 is 0. The zero-order chi connectivity index (χ0) is 19.9. The fraction of sp³-hybridized carbons (Fsp3) is 0.318. The Balaban J connectivity index is 1.70. The summed E-state index contributed by atoms with van der Waals surface area (Å²) in [5.74, 6) is -2.51. The summed E-state index contributed by atoms with van der Waals surface area (Å²) in [5, 5.41) is 0. The molecule has 0 radical (unpaired) electrons. The minimum atomic E-state index is -0.893. The lowest BCUT2D eigenvalue weighted by Crippen LogP contribution is -2.46. The fourth-order valence-electron chi connectivity index (χ4n) is 4.40. The smallest absolute Gasteiger partial charge is 0.261 e. The van der Waals surface area contributed by atoms with E-state index in [0.717, 1.165) is 50.2 Å². The summed E-state index contributed by atoms with van der Waals surface area (Å²) in [4.78, 5) is 16.8. The van der Waals surface area contributed by atoms with E-state index in [0.29, 0.717) is 18.3 Å². The number of halogens is 3. The molecule has 0 N–H and O–H groups in total. The van der Waals surface area contributed by atoms with Crippen LogP contribution in [0.15, 0.2) is 49.1 Å². The molecule has 1 amide bonds. The van der Waals surface area contributed by atoms with E-state index in [2.05, 4.69) is 11.5 Å². The summed E-state index contributed by atoms with van der Waals surface area (Å²) < 4.78 is 41.5. The van der Waals surface area contributed by atoms with Crippen LogP contribution in [0.1, 0.15) is 28.8 Å². The second kappa shape index (κ2) is 7.09. The first kappa shape index (κ1) is 18.7. The Kier molecular flexibility index (Phi) is 4.75. The number of anilines is 1. The zero-order valence-electron chi connectivity index (χ0n) is 15.4. The molecule has 0 unspecified atom stereocenters. The predicted molar refractivity (Wildman–Crippen MR) is 102 cm³/mol. The molecular formula is C22H21F3N2O. The van der Waals surface area contributed by atoms with Crippen molar-refractivity contribution >= 4 is 11.6 Å². The second-order valence-electron chi connectivity index (χ2n) is 7.55. The zero-order valence-corrected chi connectivity index (χ0v) is 15.4. The highest BCUT2D eigenvalue weighted by molar-refractivity contribution is 6.08. The van der Waals surface area contributed by atoms with E-state index >= 15 is 0 Å². The van der Waals surface area contributed by atoms with Gasteiger partial charge in [-0.05, 0) is 61.8 Å². The molecule has 2 aromatic carbocycles. The molecule has 1 fully saturated rings. The Morgan fingerprint density at radius 1 is 1.07 bits per heavy atom. The van der Waals surface area contributed by atoms with E-state index in [4.69, 9.17) is 0 Å². The lowest BCUT2D eigenvalue weighted by atomic mass is 9.74. The van der Waals surface area contributed by atoms with Crippen molar-refractivity contribution in [2.45, 2.75) is 18.3 Å². The third kappa shape index (κ3) is 3.11. The summed E-state index contributed by atoms with van der Waals surface area (Å²) in [5.41, 5.74) is 0.855. The van der Waals surface area contributed by atoms with Crippen LogP contribution in [0, 0.1) is 17.5 Å². The fourth-order valence-corrected chi connectivity index (χ4v) is 4.40. The molecule has 4 rings (SSSR count). The van der Waals surface area contributed by atoms with Gasteiger partial charge in [0.05, 0.1) is 5.56 Å². The van der Waals surface area contributed by atoms with Crippen molar-refractivity contribution in [3.63, 3.8) is 0 Å². The van der Waals surface area contributed by atoms with Crippen LogP contribution >= 0.6 is 0 Å². The number of carbonyl (C=O) groups is 1. The first-order valence-corrected chi connectivity index (χ1v) is 9.34. The molecule has 0 aromatic heterocycles. The lowest BCUT2D eigenvalue weighted by molar-refractivity contribution is 0.0974. The Bertz CT molecular complexity index is 935. The van der Waals surface area contributed by atoms with Crippen LogP contribution in [0.25, 0.3) is 0 Å². The molecule has 2 aliphatic heterocycles. The van der Waals surface area contributed by atoms with Gasteiger partial charge in [0, 0.05) is 30.3 Å². The van der Waals surface area contributed by atoms with Gasteiger partial charge in [0.1, 0.15) is 17.5 Å². The first-order valence-electron chi connectivity index (χ1n) is 9.34. The molecule has 2 aliphatic rings. The molecule has 1 saturated heterocycles. The van der Waals surface area contributed by atoms with Gasteiger partial charge in [-0.3, -0.25) is 9.69 Å². The van der Waals surface area contributed by atoms with Crippen LogP contribution in [0.5, 0.6) is 0 Å². The van der Waals surface area contributed by atoms with Gasteiger partial charge in [-0.2, -0.15) is 0 Å². The Labute approximate surface area is 162 Å². The lowest BCUT2D eigenvalue weighted by Gasteiger charge is -2.39. The molecule has 1 spiro atoms. The normalized spacial score (nSPS) is 18.3. The number of nitrogens with zero attached hydrogens (tertiary/aromatic N) is 2. The number of carbonyl (C=O) groups excluding carboxylic acids is 1. The van der Waals surface area contributed by atoms with Crippen LogP contribution < -0.4 is 4.90 Å². The Morgan fingerprint density at radius 2 is 1.75 bits per heavy atom. The predicted octanol–water partition coefficient (Wildman–Crippen LogP) is 4.28. The molecule has 0 saturated carbocycles. The molecule has 0 aliphatic carbocycles. The number of hydrogen-bond acceptors (Lipinski definition) is 2. The van der Waals surface area contributed by atoms with Gasteiger partial charge < -0.3 is 4.90 Å². The number of likely N-dealkylation sites (tertiary alicyclic amines) is 1. The van der Waals surface area contributed by atoms with Gasteiger partial charge in [0.25, 0.3) is 5.91 Å². The number of amides is 1. The average Bonchev–Trinajstić information content (AvgIpc) is 2.97. The molecule has 146 valence electrons. The topological polar surface area (TPSA) is 23.6 Å². The van der Waals surface area contributed by atoms with Gasteiger partial charge >= 0.3 is 0 Å². The highest BCUT2D eigenvalue weighted by atomic mass is 19.1. The maximum absolute atomic E-state index is 14.2. The van der Waals surface area contributed by atoms with E-state index < -0.39 is 17.5 Å². The maximum atomic E-state index is 14.2. The molecule has 2 aromatic rings. The van der Waals surface area contributed by atoms with Crippen LogP contribution in [-0.4, -0.2) is 37.0 Å². The molecule has 0 bridgehead atoms. The van der Waals surface area contributed by atoms with Crippen LogP contribution in [0.4, 0.5) is 18.9 Å². The van der Waals surface area contributed by atoms with Gasteiger partial charge in [-0.25, -0.2) is 13.2 Å².